The van der Waals surface area contributed by atoms with Gasteiger partial charge in [-0.15, -0.1) is 0 Å². The summed E-state index contributed by atoms with van der Waals surface area (Å²) in [6.07, 6.45) is -4.26. The van der Waals surface area contributed by atoms with Crippen molar-refractivity contribution in [3.8, 4) is 0 Å². The molecule has 0 aromatic carbocycles. The monoisotopic (exact) mass is 371 g/mol. The van der Waals surface area contributed by atoms with Crippen LogP contribution < -0.4 is 5.32 Å². The third-order valence-corrected chi connectivity index (χ3v) is 4.55. The zero-order valence-electron chi connectivity index (χ0n) is 13.9. The number of carbonyl (C=O) groups is 2. The summed E-state index contributed by atoms with van der Waals surface area (Å²) in [5.41, 5.74) is 0. The average Bonchev–Trinajstić information content (AvgIpc) is 2.90. The molecule has 144 valence electrons. The highest BCUT2D eigenvalue weighted by Crippen LogP contribution is 2.28. The molecule has 0 spiro atoms. The van der Waals surface area contributed by atoms with Crippen molar-refractivity contribution in [1.82, 2.24) is 15.1 Å². The van der Waals surface area contributed by atoms with Crippen molar-refractivity contribution in [3.63, 3.8) is 0 Å². The summed E-state index contributed by atoms with van der Waals surface area (Å²) >= 11 is 0. The van der Waals surface area contributed by atoms with E-state index in [4.69, 9.17) is 0 Å². The van der Waals surface area contributed by atoms with Crippen molar-refractivity contribution >= 4 is 11.8 Å². The summed E-state index contributed by atoms with van der Waals surface area (Å²) in [5.74, 6) is -4.85. The minimum atomic E-state index is -4.49. The van der Waals surface area contributed by atoms with Crippen LogP contribution in [0.25, 0.3) is 0 Å². The van der Waals surface area contributed by atoms with Crippen LogP contribution in [0.3, 0.4) is 0 Å². The molecule has 0 radical (unpaired) electrons. The van der Waals surface area contributed by atoms with Gasteiger partial charge in [-0.25, -0.2) is 8.78 Å². The van der Waals surface area contributed by atoms with Gasteiger partial charge in [0.1, 0.15) is 6.54 Å². The fraction of sp³-hybridized carbons (Fsp3) is 0.867. The van der Waals surface area contributed by atoms with Gasteiger partial charge in [0.2, 0.25) is 11.8 Å². The number of rotatable bonds is 4. The van der Waals surface area contributed by atoms with Gasteiger partial charge in [0.05, 0.1) is 18.5 Å². The summed E-state index contributed by atoms with van der Waals surface area (Å²) in [4.78, 5) is 26.7. The molecule has 0 saturated carbocycles. The molecule has 0 aromatic rings. The quantitative estimate of drug-likeness (QED) is 0.765. The minimum absolute atomic E-state index is 0.0320. The number of hydrogen-bond acceptors (Lipinski definition) is 3. The van der Waals surface area contributed by atoms with Crippen LogP contribution in [0.1, 0.15) is 26.2 Å². The second kappa shape index (κ2) is 7.43. The first-order valence-electron chi connectivity index (χ1n) is 8.28. The molecular weight excluding hydrogens is 349 g/mol. The van der Waals surface area contributed by atoms with E-state index >= 15 is 0 Å². The Bertz CT molecular complexity index is 512. The van der Waals surface area contributed by atoms with E-state index in [-0.39, 0.29) is 13.1 Å². The number of nitrogens with zero attached hydrogens (tertiary/aromatic N) is 2. The molecule has 2 saturated heterocycles. The standard InChI is InChI=1S/C15H22F5N3O2/c1-2-22(9-15(18,19)20)12(24)10-4-3-5-23(7-10)13(25)11-6-14(16,17)8-21-11/h10-11,21H,2-9H2,1H3. The van der Waals surface area contributed by atoms with Gasteiger partial charge in [-0.2, -0.15) is 13.2 Å². The van der Waals surface area contributed by atoms with E-state index in [1.807, 2.05) is 0 Å². The van der Waals surface area contributed by atoms with E-state index in [0.29, 0.717) is 19.4 Å². The normalized spacial score (nSPS) is 26.6. The van der Waals surface area contributed by atoms with Crippen molar-refractivity contribution in [2.75, 3.05) is 32.7 Å². The molecule has 25 heavy (non-hydrogen) atoms. The van der Waals surface area contributed by atoms with Gasteiger partial charge in [0, 0.05) is 26.1 Å². The number of halogens is 5. The summed E-state index contributed by atoms with van der Waals surface area (Å²) in [7, 11) is 0. The summed E-state index contributed by atoms with van der Waals surface area (Å²) < 4.78 is 64.2. The van der Waals surface area contributed by atoms with Crippen LogP contribution in [0.2, 0.25) is 0 Å². The van der Waals surface area contributed by atoms with Gasteiger partial charge in [0.15, 0.2) is 0 Å². The van der Waals surface area contributed by atoms with E-state index in [1.165, 1.54) is 11.8 Å². The lowest BCUT2D eigenvalue weighted by atomic mass is 9.95. The number of amides is 2. The first-order chi connectivity index (χ1) is 11.5. The summed E-state index contributed by atoms with van der Waals surface area (Å²) in [6.45, 7) is -0.245. The largest absolute Gasteiger partial charge is 0.406 e. The molecule has 2 atom stereocenters. The Morgan fingerprint density at radius 2 is 2.00 bits per heavy atom. The Labute approximate surface area is 142 Å². The molecule has 2 fully saturated rings. The van der Waals surface area contributed by atoms with E-state index in [1.54, 1.807) is 0 Å². The molecular formula is C15H22F5N3O2. The van der Waals surface area contributed by atoms with Gasteiger partial charge in [-0.1, -0.05) is 0 Å². The molecule has 2 heterocycles. The maximum Gasteiger partial charge on any atom is 0.406 e. The molecule has 0 aliphatic carbocycles. The van der Waals surface area contributed by atoms with E-state index < -0.39 is 55.4 Å². The number of nitrogens with one attached hydrogen (secondary N) is 1. The van der Waals surface area contributed by atoms with Gasteiger partial charge in [0.25, 0.3) is 5.92 Å². The topological polar surface area (TPSA) is 52.7 Å². The molecule has 5 nitrogen and oxygen atoms in total. The Kier molecular flexibility index (Phi) is 5.90. The molecule has 10 heteroatoms. The van der Waals surface area contributed by atoms with E-state index in [0.717, 1.165) is 4.90 Å². The van der Waals surface area contributed by atoms with Crippen molar-refractivity contribution in [1.29, 1.82) is 0 Å². The lowest BCUT2D eigenvalue weighted by Crippen LogP contribution is -2.51. The van der Waals surface area contributed by atoms with Crippen LogP contribution in [-0.4, -0.2) is 72.5 Å². The molecule has 2 aliphatic rings. The SMILES string of the molecule is CCN(CC(F)(F)F)C(=O)C1CCCN(C(=O)C2CC(F)(F)CN2)C1. The number of piperidine rings is 1. The number of hydrogen-bond donors (Lipinski definition) is 1. The fourth-order valence-electron chi connectivity index (χ4n) is 3.31. The Morgan fingerprint density at radius 1 is 1.32 bits per heavy atom. The fourth-order valence-corrected chi connectivity index (χ4v) is 3.31. The Balaban J connectivity index is 1.97. The van der Waals surface area contributed by atoms with Crippen LogP contribution in [0.4, 0.5) is 22.0 Å². The lowest BCUT2D eigenvalue weighted by molar-refractivity contribution is -0.165. The predicted octanol–water partition coefficient (Wildman–Crippen LogP) is 1.63. The second-order valence-corrected chi connectivity index (χ2v) is 6.58. The summed E-state index contributed by atoms with van der Waals surface area (Å²) in [6, 6.07) is -1.01. The highest BCUT2D eigenvalue weighted by atomic mass is 19.4. The number of alkyl halides is 5. The first kappa shape index (κ1) is 19.9. The zero-order chi connectivity index (χ0) is 18.8. The smallest absolute Gasteiger partial charge is 0.341 e. The third kappa shape index (κ3) is 5.26. The van der Waals surface area contributed by atoms with Gasteiger partial charge in [-0.05, 0) is 19.8 Å². The molecule has 2 amide bonds. The van der Waals surface area contributed by atoms with Gasteiger partial charge >= 0.3 is 6.18 Å². The lowest BCUT2D eigenvalue weighted by Gasteiger charge is -2.36. The van der Waals surface area contributed by atoms with Crippen LogP contribution in [-0.2, 0) is 9.59 Å². The summed E-state index contributed by atoms with van der Waals surface area (Å²) in [5, 5.41) is 2.47. The molecule has 2 aliphatic heterocycles. The third-order valence-electron chi connectivity index (χ3n) is 4.55. The Hall–Kier alpha value is -1.45. The van der Waals surface area contributed by atoms with Gasteiger partial charge < -0.3 is 9.80 Å². The molecule has 0 aromatic heterocycles. The van der Waals surface area contributed by atoms with Crippen LogP contribution in [0.15, 0.2) is 0 Å². The Morgan fingerprint density at radius 3 is 2.52 bits per heavy atom. The molecule has 2 rings (SSSR count). The first-order valence-corrected chi connectivity index (χ1v) is 8.28. The highest BCUT2D eigenvalue weighted by Gasteiger charge is 2.44. The predicted molar refractivity (Wildman–Crippen MR) is 79.0 cm³/mol. The zero-order valence-corrected chi connectivity index (χ0v) is 13.9. The second-order valence-electron chi connectivity index (χ2n) is 6.58. The molecule has 0 bridgehead atoms. The maximum absolute atomic E-state index is 13.2. The van der Waals surface area contributed by atoms with Crippen molar-refractivity contribution in [2.24, 2.45) is 5.92 Å². The van der Waals surface area contributed by atoms with Crippen LogP contribution in [0, 0.1) is 5.92 Å². The van der Waals surface area contributed by atoms with Crippen molar-refractivity contribution in [3.05, 3.63) is 0 Å². The van der Waals surface area contributed by atoms with Crippen molar-refractivity contribution in [2.45, 2.75) is 44.3 Å². The van der Waals surface area contributed by atoms with Crippen LogP contribution >= 0.6 is 0 Å². The maximum atomic E-state index is 13.2. The molecule has 1 N–H and O–H groups in total. The highest BCUT2D eigenvalue weighted by molar-refractivity contribution is 5.84. The van der Waals surface area contributed by atoms with E-state index in [2.05, 4.69) is 5.32 Å². The average molecular weight is 371 g/mol. The van der Waals surface area contributed by atoms with Gasteiger partial charge in [-0.3, -0.25) is 14.9 Å². The van der Waals surface area contributed by atoms with Crippen LogP contribution in [0.5, 0.6) is 0 Å². The van der Waals surface area contributed by atoms with Crippen molar-refractivity contribution < 1.29 is 31.5 Å². The number of carbonyl (C=O) groups excluding carboxylic acids is 2. The molecule has 2 unspecified atom stereocenters. The number of likely N-dealkylation sites (tertiary alicyclic amines) is 1. The van der Waals surface area contributed by atoms with E-state index in [9.17, 15) is 31.5 Å². The minimum Gasteiger partial charge on any atom is -0.341 e.